The first kappa shape index (κ1) is 13.4. The van der Waals surface area contributed by atoms with Gasteiger partial charge in [0.05, 0.1) is 18.1 Å². The van der Waals surface area contributed by atoms with Gasteiger partial charge in [0, 0.05) is 12.6 Å². The number of ether oxygens (including phenoxy) is 1. The molecule has 1 saturated heterocycles. The summed E-state index contributed by atoms with van der Waals surface area (Å²) in [6.45, 7) is 3.29. The van der Waals surface area contributed by atoms with Crippen LogP contribution in [0.5, 0.6) is 5.75 Å². The summed E-state index contributed by atoms with van der Waals surface area (Å²) in [6, 6.07) is 7.57. The number of hydrogen-bond acceptors (Lipinski definition) is 4. The molecule has 5 heteroatoms. The molecular weight excluding hydrogens is 250 g/mol. The number of rotatable bonds is 4. The number of benzene rings is 1. The van der Waals surface area contributed by atoms with Crippen molar-refractivity contribution in [1.82, 2.24) is 5.32 Å². The van der Waals surface area contributed by atoms with Crippen LogP contribution in [0.4, 0.5) is 0 Å². The van der Waals surface area contributed by atoms with Crippen LogP contribution in [0.3, 0.4) is 0 Å². The average molecular weight is 269 g/mol. The van der Waals surface area contributed by atoms with E-state index in [-0.39, 0.29) is 17.5 Å². The van der Waals surface area contributed by atoms with Gasteiger partial charge in [0.25, 0.3) is 0 Å². The van der Waals surface area contributed by atoms with Crippen molar-refractivity contribution in [1.29, 1.82) is 0 Å². The molecule has 100 valence electrons. The molecule has 0 radical (unpaired) electrons. The van der Waals surface area contributed by atoms with Crippen LogP contribution in [-0.4, -0.2) is 33.1 Å². The average Bonchev–Trinajstić information content (AvgIpc) is 2.36. The van der Waals surface area contributed by atoms with Gasteiger partial charge in [-0.05, 0) is 24.1 Å². The van der Waals surface area contributed by atoms with E-state index in [4.69, 9.17) is 4.74 Å². The van der Waals surface area contributed by atoms with E-state index in [1.54, 1.807) is 0 Å². The summed E-state index contributed by atoms with van der Waals surface area (Å²) in [7, 11) is -2.90. The SMILES string of the molecule is CCCOc1ccc(C2CS(=O)(=O)CCN2)cc1. The molecule has 1 N–H and O–H groups in total. The molecule has 18 heavy (non-hydrogen) atoms. The molecule has 1 aliphatic heterocycles. The topological polar surface area (TPSA) is 55.4 Å². The zero-order valence-corrected chi connectivity index (χ0v) is 11.4. The van der Waals surface area contributed by atoms with Gasteiger partial charge in [-0.15, -0.1) is 0 Å². The molecule has 0 amide bonds. The highest BCUT2D eigenvalue weighted by Gasteiger charge is 2.25. The molecule has 0 bridgehead atoms. The third kappa shape index (κ3) is 3.46. The summed E-state index contributed by atoms with van der Waals surface area (Å²) in [4.78, 5) is 0. The summed E-state index contributed by atoms with van der Waals surface area (Å²) >= 11 is 0. The first-order valence-electron chi connectivity index (χ1n) is 6.27. The van der Waals surface area contributed by atoms with Gasteiger partial charge in [-0.25, -0.2) is 8.42 Å². The lowest BCUT2D eigenvalue weighted by Gasteiger charge is -2.24. The van der Waals surface area contributed by atoms with Crippen molar-refractivity contribution in [3.8, 4) is 5.75 Å². The molecule has 1 heterocycles. The third-order valence-corrected chi connectivity index (χ3v) is 4.65. The Kier molecular flexibility index (Phi) is 4.24. The van der Waals surface area contributed by atoms with Crippen molar-refractivity contribution < 1.29 is 13.2 Å². The lowest BCUT2D eigenvalue weighted by Crippen LogP contribution is -2.39. The molecule has 1 fully saturated rings. The number of hydrogen-bond donors (Lipinski definition) is 1. The molecular formula is C13H19NO3S. The van der Waals surface area contributed by atoms with Gasteiger partial charge in [0.15, 0.2) is 9.84 Å². The van der Waals surface area contributed by atoms with E-state index in [0.29, 0.717) is 13.2 Å². The molecule has 4 nitrogen and oxygen atoms in total. The van der Waals surface area contributed by atoms with Gasteiger partial charge in [-0.2, -0.15) is 0 Å². The van der Waals surface area contributed by atoms with Gasteiger partial charge in [0.2, 0.25) is 0 Å². The van der Waals surface area contributed by atoms with Crippen LogP contribution in [-0.2, 0) is 9.84 Å². The van der Waals surface area contributed by atoms with Crippen molar-refractivity contribution in [2.75, 3.05) is 24.7 Å². The molecule has 1 atom stereocenters. The molecule has 0 spiro atoms. The predicted molar refractivity (Wildman–Crippen MR) is 71.6 cm³/mol. The van der Waals surface area contributed by atoms with Gasteiger partial charge in [-0.1, -0.05) is 19.1 Å². The highest BCUT2D eigenvalue weighted by molar-refractivity contribution is 7.91. The summed E-state index contributed by atoms with van der Waals surface area (Å²) in [5, 5.41) is 3.23. The smallest absolute Gasteiger partial charge is 0.153 e. The second-order valence-electron chi connectivity index (χ2n) is 4.54. The highest BCUT2D eigenvalue weighted by atomic mass is 32.2. The van der Waals surface area contributed by atoms with E-state index in [9.17, 15) is 8.42 Å². The van der Waals surface area contributed by atoms with Crippen molar-refractivity contribution >= 4 is 9.84 Å². The molecule has 2 rings (SSSR count). The second-order valence-corrected chi connectivity index (χ2v) is 6.77. The van der Waals surface area contributed by atoms with E-state index in [1.807, 2.05) is 24.3 Å². The Labute approximate surface area is 108 Å². The van der Waals surface area contributed by atoms with E-state index in [2.05, 4.69) is 12.2 Å². The summed E-state index contributed by atoms with van der Waals surface area (Å²) in [5.41, 5.74) is 1.00. The Balaban J connectivity index is 2.05. The van der Waals surface area contributed by atoms with E-state index in [1.165, 1.54) is 0 Å². The Bertz CT molecular complexity index is 481. The fourth-order valence-electron chi connectivity index (χ4n) is 2.02. The normalized spacial score (nSPS) is 22.6. The molecule has 1 unspecified atom stereocenters. The van der Waals surface area contributed by atoms with Crippen LogP contribution in [0.25, 0.3) is 0 Å². The van der Waals surface area contributed by atoms with Crippen LogP contribution in [0.15, 0.2) is 24.3 Å². The van der Waals surface area contributed by atoms with Crippen molar-refractivity contribution in [2.45, 2.75) is 19.4 Å². The lowest BCUT2D eigenvalue weighted by atomic mass is 10.1. The molecule has 1 aliphatic rings. The van der Waals surface area contributed by atoms with Crippen LogP contribution in [0, 0.1) is 0 Å². The first-order chi connectivity index (χ1) is 8.61. The summed E-state index contributed by atoms with van der Waals surface area (Å²) in [6.07, 6.45) is 0.976. The molecule has 0 aliphatic carbocycles. The fraction of sp³-hybridized carbons (Fsp3) is 0.538. The van der Waals surface area contributed by atoms with Crippen molar-refractivity contribution in [3.05, 3.63) is 29.8 Å². The minimum atomic E-state index is -2.90. The Morgan fingerprint density at radius 3 is 2.67 bits per heavy atom. The molecule has 1 aromatic rings. The van der Waals surface area contributed by atoms with E-state index < -0.39 is 9.84 Å². The van der Waals surface area contributed by atoms with Crippen LogP contribution in [0.1, 0.15) is 24.9 Å². The largest absolute Gasteiger partial charge is 0.494 e. The van der Waals surface area contributed by atoms with Crippen molar-refractivity contribution in [3.63, 3.8) is 0 Å². The Morgan fingerprint density at radius 2 is 2.06 bits per heavy atom. The maximum Gasteiger partial charge on any atom is 0.153 e. The third-order valence-electron chi connectivity index (χ3n) is 2.98. The molecule has 0 saturated carbocycles. The maximum atomic E-state index is 11.6. The molecule has 0 aromatic heterocycles. The van der Waals surface area contributed by atoms with E-state index >= 15 is 0 Å². The summed E-state index contributed by atoms with van der Waals surface area (Å²) in [5.74, 6) is 1.25. The van der Waals surface area contributed by atoms with E-state index in [0.717, 1.165) is 17.7 Å². The predicted octanol–water partition coefficient (Wildman–Crippen LogP) is 1.53. The zero-order chi connectivity index (χ0) is 13.0. The lowest BCUT2D eigenvalue weighted by molar-refractivity contribution is 0.317. The zero-order valence-electron chi connectivity index (χ0n) is 10.6. The van der Waals surface area contributed by atoms with Crippen molar-refractivity contribution in [2.24, 2.45) is 0 Å². The standard InChI is InChI=1S/C13H19NO3S/c1-2-8-17-12-5-3-11(4-6-12)13-10-18(15,16)9-7-14-13/h3-6,13-14H,2,7-10H2,1H3. The summed E-state index contributed by atoms with van der Waals surface area (Å²) < 4.78 is 28.7. The maximum absolute atomic E-state index is 11.6. The van der Waals surface area contributed by atoms with Gasteiger partial charge >= 0.3 is 0 Å². The highest BCUT2D eigenvalue weighted by Crippen LogP contribution is 2.21. The van der Waals surface area contributed by atoms with Gasteiger partial charge in [0.1, 0.15) is 5.75 Å². The van der Waals surface area contributed by atoms with Gasteiger partial charge in [-0.3, -0.25) is 0 Å². The minimum absolute atomic E-state index is 0.0935. The quantitative estimate of drug-likeness (QED) is 0.900. The Morgan fingerprint density at radius 1 is 1.33 bits per heavy atom. The first-order valence-corrected chi connectivity index (χ1v) is 8.09. The van der Waals surface area contributed by atoms with Crippen LogP contribution >= 0.6 is 0 Å². The van der Waals surface area contributed by atoms with Crippen LogP contribution < -0.4 is 10.1 Å². The fourth-order valence-corrected chi connectivity index (χ4v) is 3.43. The number of nitrogens with one attached hydrogen (secondary N) is 1. The van der Waals surface area contributed by atoms with Gasteiger partial charge < -0.3 is 10.1 Å². The molecule has 1 aromatic carbocycles. The number of sulfone groups is 1. The minimum Gasteiger partial charge on any atom is -0.494 e. The second kappa shape index (κ2) is 5.71. The monoisotopic (exact) mass is 269 g/mol. The Hall–Kier alpha value is -1.07. The van der Waals surface area contributed by atoms with Crippen LogP contribution in [0.2, 0.25) is 0 Å².